The molecule has 0 bridgehead atoms. The number of nitrogens with one attached hydrogen (secondary N) is 2. The number of rotatable bonds is 6. The van der Waals surface area contributed by atoms with Crippen LogP contribution >= 0.6 is 23.8 Å². The summed E-state index contributed by atoms with van der Waals surface area (Å²) in [6.07, 6.45) is 0.678. The molecule has 1 aromatic heterocycles. The number of hydrogen-bond donors (Lipinski definition) is 2. The van der Waals surface area contributed by atoms with Gasteiger partial charge in [-0.3, -0.25) is 14.2 Å². The van der Waals surface area contributed by atoms with Crippen molar-refractivity contribution < 1.29 is 9.53 Å². The third kappa shape index (κ3) is 4.27. The summed E-state index contributed by atoms with van der Waals surface area (Å²) in [6.45, 7) is 1.01. The quantitative estimate of drug-likeness (QED) is 0.481. The monoisotopic (exact) mass is 403 g/mol. The van der Waals surface area contributed by atoms with Gasteiger partial charge in [0.1, 0.15) is 0 Å². The van der Waals surface area contributed by atoms with Crippen molar-refractivity contribution in [2.75, 3.05) is 19.0 Å². The van der Waals surface area contributed by atoms with E-state index in [0.717, 1.165) is 0 Å². The van der Waals surface area contributed by atoms with Gasteiger partial charge >= 0.3 is 0 Å². The number of carbonyl (C=O) groups excluding carboxylic acids is 1. The number of methoxy groups -OCH3 is 1. The molecule has 140 valence electrons. The van der Waals surface area contributed by atoms with E-state index in [4.69, 9.17) is 28.6 Å². The Morgan fingerprint density at radius 2 is 2.07 bits per heavy atom. The van der Waals surface area contributed by atoms with Gasteiger partial charge in [-0.1, -0.05) is 23.7 Å². The fourth-order valence-corrected chi connectivity index (χ4v) is 3.19. The van der Waals surface area contributed by atoms with E-state index < -0.39 is 0 Å². The summed E-state index contributed by atoms with van der Waals surface area (Å²) in [7, 11) is 1.61. The predicted molar refractivity (Wildman–Crippen MR) is 109 cm³/mol. The number of aromatic amines is 1. The first-order valence-corrected chi connectivity index (χ1v) is 9.11. The van der Waals surface area contributed by atoms with Crippen molar-refractivity contribution in [3.05, 3.63) is 68.2 Å². The molecule has 8 heteroatoms. The third-order valence-corrected chi connectivity index (χ3v) is 4.75. The Morgan fingerprint density at radius 1 is 1.30 bits per heavy atom. The number of para-hydroxylation sites is 1. The minimum atomic E-state index is -0.325. The maximum Gasteiger partial charge on any atom is 0.262 e. The Morgan fingerprint density at radius 3 is 2.81 bits per heavy atom. The number of amides is 1. The van der Waals surface area contributed by atoms with E-state index >= 15 is 0 Å². The van der Waals surface area contributed by atoms with Gasteiger partial charge in [0.25, 0.3) is 11.5 Å². The van der Waals surface area contributed by atoms with Crippen LogP contribution in [0.2, 0.25) is 5.02 Å². The van der Waals surface area contributed by atoms with Gasteiger partial charge in [-0.05, 0) is 49.0 Å². The number of carbonyl (C=O) groups is 1. The second-order valence-electron chi connectivity index (χ2n) is 5.93. The Balaban J connectivity index is 1.92. The Hall–Kier alpha value is -2.48. The maximum absolute atomic E-state index is 12.7. The number of anilines is 1. The standard InChI is InChI=1S/C19H18ClN3O3S/c1-26-10-4-9-23-18(25)13-8-7-12(11-16(13)22-19(23)27)17(24)21-15-6-3-2-5-14(15)20/h2-3,5-8,11H,4,9-10H2,1H3,(H,21,24)(H,22,27). The number of aromatic nitrogens is 2. The van der Waals surface area contributed by atoms with Gasteiger partial charge in [-0.25, -0.2) is 0 Å². The van der Waals surface area contributed by atoms with Gasteiger partial charge in [0, 0.05) is 25.8 Å². The molecule has 0 saturated carbocycles. The molecular weight excluding hydrogens is 386 g/mol. The van der Waals surface area contributed by atoms with E-state index in [-0.39, 0.29) is 11.5 Å². The van der Waals surface area contributed by atoms with Crippen molar-refractivity contribution in [3.8, 4) is 0 Å². The molecule has 0 atom stereocenters. The van der Waals surface area contributed by atoms with E-state index in [1.807, 2.05) is 0 Å². The molecule has 0 spiro atoms. The topological polar surface area (TPSA) is 76.1 Å². The van der Waals surface area contributed by atoms with E-state index in [9.17, 15) is 9.59 Å². The van der Waals surface area contributed by atoms with Crippen LogP contribution in [-0.2, 0) is 11.3 Å². The molecule has 6 nitrogen and oxygen atoms in total. The Labute approximate surface area is 165 Å². The Bertz CT molecular complexity index is 1110. The number of nitrogens with zero attached hydrogens (tertiary/aromatic N) is 1. The first-order valence-electron chi connectivity index (χ1n) is 8.33. The summed E-state index contributed by atoms with van der Waals surface area (Å²) in [4.78, 5) is 28.2. The van der Waals surface area contributed by atoms with Crippen LogP contribution in [0.5, 0.6) is 0 Å². The second kappa shape index (κ2) is 8.47. The van der Waals surface area contributed by atoms with Gasteiger partial charge in [0.15, 0.2) is 4.77 Å². The summed E-state index contributed by atoms with van der Waals surface area (Å²) >= 11 is 11.4. The first-order chi connectivity index (χ1) is 13.0. The summed E-state index contributed by atoms with van der Waals surface area (Å²) in [5.41, 5.74) is 1.23. The van der Waals surface area contributed by atoms with E-state index in [2.05, 4.69) is 10.3 Å². The lowest BCUT2D eigenvalue weighted by atomic mass is 10.1. The van der Waals surface area contributed by atoms with Crippen molar-refractivity contribution in [1.82, 2.24) is 9.55 Å². The van der Waals surface area contributed by atoms with Crippen molar-refractivity contribution in [2.24, 2.45) is 0 Å². The molecule has 27 heavy (non-hydrogen) atoms. The average molecular weight is 404 g/mol. The molecule has 3 aromatic rings. The summed E-state index contributed by atoms with van der Waals surface area (Å²) in [5.74, 6) is -0.325. The Kier molecular flexibility index (Phi) is 6.05. The van der Waals surface area contributed by atoms with E-state index in [1.165, 1.54) is 4.57 Å². The number of benzene rings is 2. The summed E-state index contributed by atoms with van der Waals surface area (Å²) < 4.78 is 6.83. The second-order valence-corrected chi connectivity index (χ2v) is 6.72. The minimum absolute atomic E-state index is 0.192. The van der Waals surface area contributed by atoms with Crippen molar-refractivity contribution in [1.29, 1.82) is 0 Å². The molecule has 0 aliphatic heterocycles. The van der Waals surface area contributed by atoms with Crippen LogP contribution in [0.3, 0.4) is 0 Å². The fourth-order valence-electron chi connectivity index (χ4n) is 2.72. The van der Waals surface area contributed by atoms with Gasteiger partial charge in [-0.2, -0.15) is 0 Å². The molecule has 0 saturated heterocycles. The predicted octanol–water partition coefficient (Wildman–Crippen LogP) is 4.00. The van der Waals surface area contributed by atoms with E-state index in [0.29, 0.717) is 51.5 Å². The summed E-state index contributed by atoms with van der Waals surface area (Å²) in [5, 5.41) is 3.68. The molecular formula is C19H18ClN3O3S. The SMILES string of the molecule is COCCCn1c(=S)[nH]c2cc(C(=O)Nc3ccccc3Cl)ccc2c1=O. The molecule has 0 unspecified atom stereocenters. The highest BCUT2D eigenvalue weighted by molar-refractivity contribution is 7.71. The average Bonchev–Trinajstić information content (AvgIpc) is 2.65. The van der Waals surface area contributed by atoms with Crippen LogP contribution in [0.1, 0.15) is 16.8 Å². The molecule has 0 aliphatic rings. The van der Waals surface area contributed by atoms with Gasteiger partial charge in [-0.15, -0.1) is 0 Å². The van der Waals surface area contributed by atoms with Gasteiger partial charge in [0.2, 0.25) is 0 Å². The highest BCUT2D eigenvalue weighted by atomic mass is 35.5. The number of ether oxygens (including phenoxy) is 1. The summed E-state index contributed by atoms with van der Waals surface area (Å²) in [6, 6.07) is 11.8. The highest BCUT2D eigenvalue weighted by Gasteiger charge is 2.12. The molecule has 0 aliphatic carbocycles. The number of halogens is 1. The zero-order valence-corrected chi connectivity index (χ0v) is 16.2. The van der Waals surface area contributed by atoms with Crippen LogP contribution in [0.15, 0.2) is 47.3 Å². The number of H-pyrrole nitrogens is 1. The van der Waals surface area contributed by atoms with Crippen molar-refractivity contribution in [2.45, 2.75) is 13.0 Å². The largest absolute Gasteiger partial charge is 0.385 e. The smallest absolute Gasteiger partial charge is 0.262 e. The molecule has 2 N–H and O–H groups in total. The lowest BCUT2D eigenvalue weighted by molar-refractivity contribution is 0.102. The molecule has 0 radical (unpaired) electrons. The third-order valence-electron chi connectivity index (χ3n) is 4.10. The molecule has 0 fully saturated rings. The van der Waals surface area contributed by atoms with Crippen LogP contribution in [0.25, 0.3) is 10.9 Å². The van der Waals surface area contributed by atoms with Gasteiger partial charge in [0.05, 0.1) is 21.6 Å². The molecule has 1 amide bonds. The normalized spacial score (nSPS) is 10.9. The maximum atomic E-state index is 12.7. The molecule has 2 aromatic carbocycles. The number of fused-ring (bicyclic) bond motifs is 1. The van der Waals surface area contributed by atoms with Crippen LogP contribution in [0, 0.1) is 4.77 Å². The fraction of sp³-hybridized carbons (Fsp3) is 0.211. The molecule has 3 rings (SSSR count). The van der Waals surface area contributed by atoms with Crippen LogP contribution in [0.4, 0.5) is 5.69 Å². The van der Waals surface area contributed by atoms with Crippen molar-refractivity contribution >= 4 is 46.3 Å². The lowest BCUT2D eigenvalue weighted by Crippen LogP contribution is -2.23. The van der Waals surface area contributed by atoms with E-state index in [1.54, 1.807) is 49.6 Å². The van der Waals surface area contributed by atoms with Crippen LogP contribution < -0.4 is 10.9 Å². The van der Waals surface area contributed by atoms with Gasteiger partial charge < -0.3 is 15.0 Å². The lowest BCUT2D eigenvalue weighted by Gasteiger charge is -2.10. The zero-order valence-electron chi connectivity index (χ0n) is 14.6. The molecule has 1 heterocycles. The first kappa shape index (κ1) is 19.3. The van der Waals surface area contributed by atoms with Crippen LogP contribution in [-0.4, -0.2) is 29.2 Å². The number of hydrogen-bond acceptors (Lipinski definition) is 4. The van der Waals surface area contributed by atoms with Crippen molar-refractivity contribution in [3.63, 3.8) is 0 Å². The zero-order chi connectivity index (χ0) is 19.4. The minimum Gasteiger partial charge on any atom is -0.385 e. The highest BCUT2D eigenvalue weighted by Crippen LogP contribution is 2.21.